The number of ether oxygens (including phenoxy) is 1. The van der Waals surface area contributed by atoms with Crippen molar-refractivity contribution < 1.29 is 9.15 Å². The van der Waals surface area contributed by atoms with Crippen molar-refractivity contribution in [3.63, 3.8) is 0 Å². The lowest BCUT2D eigenvalue weighted by molar-refractivity contribution is 0.337. The summed E-state index contributed by atoms with van der Waals surface area (Å²) < 4.78 is 11.1. The van der Waals surface area contributed by atoms with Gasteiger partial charge in [0.2, 0.25) is 0 Å². The number of fused-ring (bicyclic) bond motifs is 1. The molecule has 3 nitrogen and oxygen atoms in total. The molecule has 0 radical (unpaired) electrons. The average molecular weight is 205 g/mol. The van der Waals surface area contributed by atoms with Crippen molar-refractivity contribution in [3.05, 3.63) is 30.0 Å². The first-order valence-corrected chi connectivity index (χ1v) is 5.13. The van der Waals surface area contributed by atoms with Crippen LogP contribution in [0.1, 0.15) is 25.6 Å². The van der Waals surface area contributed by atoms with Crippen LogP contribution in [-0.4, -0.2) is 6.61 Å². The summed E-state index contributed by atoms with van der Waals surface area (Å²) in [4.78, 5) is 0. The molecular formula is C12H15NO2. The van der Waals surface area contributed by atoms with Crippen molar-refractivity contribution in [2.45, 2.75) is 19.9 Å². The first kappa shape index (κ1) is 10.1. The van der Waals surface area contributed by atoms with Gasteiger partial charge in [-0.15, -0.1) is 0 Å². The summed E-state index contributed by atoms with van der Waals surface area (Å²) in [6, 6.07) is 7.72. The summed E-state index contributed by atoms with van der Waals surface area (Å²) >= 11 is 0. The number of benzene rings is 1. The molecule has 0 aliphatic heterocycles. The van der Waals surface area contributed by atoms with Gasteiger partial charge in [-0.25, -0.2) is 0 Å². The van der Waals surface area contributed by atoms with Crippen LogP contribution in [0.2, 0.25) is 0 Å². The molecule has 0 saturated carbocycles. The Morgan fingerprint density at radius 2 is 2.27 bits per heavy atom. The van der Waals surface area contributed by atoms with Crippen LogP contribution in [0.25, 0.3) is 11.0 Å². The molecule has 1 aromatic carbocycles. The van der Waals surface area contributed by atoms with Gasteiger partial charge < -0.3 is 14.9 Å². The summed E-state index contributed by atoms with van der Waals surface area (Å²) in [7, 11) is 0. The highest BCUT2D eigenvalue weighted by atomic mass is 16.5. The second-order valence-corrected chi connectivity index (χ2v) is 3.54. The molecule has 2 rings (SSSR count). The quantitative estimate of drug-likeness (QED) is 0.838. The van der Waals surface area contributed by atoms with Gasteiger partial charge in [-0.2, -0.15) is 0 Å². The molecule has 0 fully saturated rings. The molecule has 1 unspecified atom stereocenters. The molecule has 0 aliphatic rings. The molecule has 0 bridgehead atoms. The topological polar surface area (TPSA) is 48.4 Å². The molecule has 0 amide bonds. The molecule has 0 spiro atoms. The first-order chi connectivity index (χ1) is 7.22. The molecule has 1 atom stereocenters. The molecule has 15 heavy (non-hydrogen) atoms. The van der Waals surface area contributed by atoms with E-state index in [4.69, 9.17) is 14.9 Å². The predicted molar refractivity (Wildman–Crippen MR) is 60.0 cm³/mol. The van der Waals surface area contributed by atoms with Gasteiger partial charge in [-0.3, -0.25) is 0 Å². The fourth-order valence-corrected chi connectivity index (χ4v) is 1.55. The summed E-state index contributed by atoms with van der Waals surface area (Å²) in [5.41, 5.74) is 6.55. The Morgan fingerprint density at radius 1 is 1.47 bits per heavy atom. The lowest BCUT2D eigenvalue weighted by Gasteiger charge is -2.02. The molecule has 0 aliphatic carbocycles. The van der Waals surface area contributed by atoms with Crippen LogP contribution in [0.3, 0.4) is 0 Å². The Kier molecular flexibility index (Phi) is 2.64. The molecule has 0 saturated heterocycles. The monoisotopic (exact) mass is 205 g/mol. The lowest BCUT2D eigenvalue weighted by atomic mass is 10.2. The van der Waals surface area contributed by atoms with Crippen LogP contribution in [0.4, 0.5) is 0 Å². The number of hydrogen-bond donors (Lipinski definition) is 1. The van der Waals surface area contributed by atoms with E-state index in [1.54, 1.807) is 0 Å². The zero-order valence-corrected chi connectivity index (χ0v) is 8.99. The van der Waals surface area contributed by atoms with Crippen LogP contribution in [0.5, 0.6) is 5.75 Å². The number of hydrogen-bond acceptors (Lipinski definition) is 3. The third-order valence-electron chi connectivity index (χ3n) is 2.28. The highest BCUT2D eigenvalue weighted by Gasteiger charge is 2.10. The van der Waals surface area contributed by atoms with E-state index in [1.165, 1.54) is 0 Å². The minimum absolute atomic E-state index is 0.0909. The first-order valence-electron chi connectivity index (χ1n) is 5.13. The van der Waals surface area contributed by atoms with Gasteiger partial charge in [0.15, 0.2) is 11.3 Å². The van der Waals surface area contributed by atoms with Crippen LogP contribution in [-0.2, 0) is 0 Å². The minimum Gasteiger partial charge on any atom is -0.490 e. The number of para-hydroxylation sites is 1. The maximum Gasteiger partial charge on any atom is 0.176 e. The molecule has 1 aromatic heterocycles. The Balaban J connectivity index is 2.54. The Hall–Kier alpha value is -1.48. The molecule has 2 aromatic rings. The largest absolute Gasteiger partial charge is 0.490 e. The Bertz CT molecular complexity index is 460. The predicted octanol–water partition coefficient (Wildman–Crippen LogP) is 2.85. The van der Waals surface area contributed by atoms with E-state index in [0.29, 0.717) is 6.61 Å². The standard InChI is InChI=1S/C12H15NO2/c1-3-14-10-6-4-5-9-7-11(8(2)13)15-12(9)10/h4-8H,3,13H2,1-2H3. The van der Waals surface area contributed by atoms with Crippen LogP contribution >= 0.6 is 0 Å². The Morgan fingerprint density at radius 3 is 2.93 bits per heavy atom. The van der Waals surface area contributed by atoms with Crippen molar-refractivity contribution in [1.82, 2.24) is 0 Å². The third kappa shape index (κ3) is 1.83. The molecule has 3 heteroatoms. The summed E-state index contributed by atoms with van der Waals surface area (Å²) in [5.74, 6) is 1.57. The molecule has 2 N–H and O–H groups in total. The normalized spacial score (nSPS) is 13.0. The smallest absolute Gasteiger partial charge is 0.176 e. The van der Waals surface area contributed by atoms with E-state index in [2.05, 4.69) is 0 Å². The van der Waals surface area contributed by atoms with E-state index in [1.807, 2.05) is 38.1 Å². The SMILES string of the molecule is CCOc1cccc2cc(C(C)N)oc12. The molecular weight excluding hydrogens is 190 g/mol. The highest BCUT2D eigenvalue weighted by Crippen LogP contribution is 2.30. The van der Waals surface area contributed by atoms with E-state index in [-0.39, 0.29) is 6.04 Å². The van der Waals surface area contributed by atoms with Crippen molar-refractivity contribution in [2.75, 3.05) is 6.61 Å². The van der Waals surface area contributed by atoms with Crippen molar-refractivity contribution in [1.29, 1.82) is 0 Å². The second kappa shape index (κ2) is 3.95. The van der Waals surface area contributed by atoms with E-state index in [9.17, 15) is 0 Å². The zero-order chi connectivity index (χ0) is 10.8. The summed E-state index contributed by atoms with van der Waals surface area (Å²) in [6.07, 6.45) is 0. The summed E-state index contributed by atoms with van der Waals surface area (Å²) in [6.45, 7) is 4.49. The third-order valence-corrected chi connectivity index (χ3v) is 2.28. The van der Waals surface area contributed by atoms with Gasteiger partial charge in [-0.1, -0.05) is 12.1 Å². The molecule has 80 valence electrons. The maximum absolute atomic E-state index is 5.77. The highest BCUT2D eigenvalue weighted by molar-refractivity contribution is 5.83. The fourth-order valence-electron chi connectivity index (χ4n) is 1.55. The van der Waals surface area contributed by atoms with Gasteiger partial charge in [0.25, 0.3) is 0 Å². The van der Waals surface area contributed by atoms with E-state index < -0.39 is 0 Å². The van der Waals surface area contributed by atoms with Crippen LogP contribution in [0, 0.1) is 0 Å². The van der Waals surface area contributed by atoms with Gasteiger partial charge in [0.05, 0.1) is 12.6 Å². The summed E-state index contributed by atoms with van der Waals surface area (Å²) in [5, 5.41) is 1.04. The second-order valence-electron chi connectivity index (χ2n) is 3.54. The van der Waals surface area contributed by atoms with Gasteiger partial charge in [0, 0.05) is 5.39 Å². The van der Waals surface area contributed by atoms with Gasteiger partial charge in [0.1, 0.15) is 5.76 Å². The van der Waals surface area contributed by atoms with E-state index >= 15 is 0 Å². The fraction of sp³-hybridized carbons (Fsp3) is 0.333. The zero-order valence-electron chi connectivity index (χ0n) is 8.99. The van der Waals surface area contributed by atoms with E-state index in [0.717, 1.165) is 22.5 Å². The minimum atomic E-state index is -0.0909. The van der Waals surface area contributed by atoms with Crippen molar-refractivity contribution in [2.24, 2.45) is 5.73 Å². The maximum atomic E-state index is 5.77. The van der Waals surface area contributed by atoms with Crippen LogP contribution < -0.4 is 10.5 Å². The van der Waals surface area contributed by atoms with Crippen molar-refractivity contribution in [3.8, 4) is 5.75 Å². The Labute approximate surface area is 88.8 Å². The lowest BCUT2D eigenvalue weighted by Crippen LogP contribution is -2.02. The van der Waals surface area contributed by atoms with Gasteiger partial charge in [-0.05, 0) is 26.0 Å². The van der Waals surface area contributed by atoms with Crippen LogP contribution in [0.15, 0.2) is 28.7 Å². The van der Waals surface area contributed by atoms with Crippen molar-refractivity contribution >= 4 is 11.0 Å². The number of rotatable bonds is 3. The number of nitrogens with two attached hydrogens (primary N) is 1. The van der Waals surface area contributed by atoms with Gasteiger partial charge >= 0.3 is 0 Å². The molecule has 1 heterocycles. The number of furan rings is 1. The average Bonchev–Trinajstić information content (AvgIpc) is 2.63.